The van der Waals surface area contributed by atoms with Crippen molar-refractivity contribution in [3.63, 3.8) is 0 Å². The molecule has 0 saturated carbocycles. The minimum absolute atomic E-state index is 0.175. The van der Waals surface area contributed by atoms with Crippen LogP contribution in [0.5, 0.6) is 0 Å². The Kier molecular flexibility index (Phi) is 7.29. The van der Waals surface area contributed by atoms with Gasteiger partial charge in [0.15, 0.2) is 0 Å². The molecule has 2 heteroatoms. The van der Waals surface area contributed by atoms with Crippen LogP contribution in [0.15, 0.2) is 0 Å². The monoisotopic (exact) mass is 187 g/mol. The summed E-state index contributed by atoms with van der Waals surface area (Å²) < 4.78 is 0. The summed E-state index contributed by atoms with van der Waals surface area (Å²) in [5, 5.41) is 9.28. The van der Waals surface area contributed by atoms with Gasteiger partial charge in [-0.2, -0.15) is 0 Å². The molecule has 0 fully saturated rings. The van der Waals surface area contributed by atoms with E-state index in [1.165, 1.54) is 12.8 Å². The second-order valence-electron chi connectivity index (χ2n) is 3.97. The molecule has 0 amide bonds. The fourth-order valence-electron chi connectivity index (χ4n) is 1.77. The fraction of sp³-hybridized carbons (Fsp3) is 1.00. The molecule has 13 heavy (non-hydrogen) atoms. The third-order valence-corrected chi connectivity index (χ3v) is 2.33. The Morgan fingerprint density at radius 1 is 1.08 bits per heavy atom. The highest BCUT2D eigenvalue weighted by Gasteiger charge is 2.13. The first kappa shape index (κ1) is 12.9. The molecular formula is C11H25NO. The lowest BCUT2D eigenvalue weighted by Crippen LogP contribution is -2.36. The van der Waals surface area contributed by atoms with Gasteiger partial charge in [0.05, 0.1) is 6.10 Å². The van der Waals surface area contributed by atoms with Gasteiger partial charge in [0.2, 0.25) is 0 Å². The lowest BCUT2D eigenvalue weighted by Gasteiger charge is -2.29. The molecule has 0 aromatic carbocycles. The highest BCUT2D eigenvalue weighted by molar-refractivity contribution is 4.68. The lowest BCUT2D eigenvalue weighted by atomic mass is 10.1. The summed E-state index contributed by atoms with van der Waals surface area (Å²) in [6.45, 7) is 10.8. The van der Waals surface area contributed by atoms with Crippen LogP contribution >= 0.6 is 0 Å². The van der Waals surface area contributed by atoms with Crippen LogP contribution in [0.1, 0.15) is 47.0 Å². The Morgan fingerprint density at radius 3 is 1.85 bits per heavy atom. The summed E-state index contributed by atoms with van der Waals surface area (Å²) >= 11 is 0. The van der Waals surface area contributed by atoms with Gasteiger partial charge in [-0.1, -0.05) is 13.8 Å². The standard InChI is InChI=1S/C11H25NO/c1-5-7-12(8-6-2)10(3)9-11(4)13/h10-11,13H,5-9H2,1-4H3. The van der Waals surface area contributed by atoms with E-state index in [1.54, 1.807) is 0 Å². The molecule has 0 aliphatic carbocycles. The Hall–Kier alpha value is -0.0800. The lowest BCUT2D eigenvalue weighted by molar-refractivity contribution is 0.119. The van der Waals surface area contributed by atoms with Crippen molar-refractivity contribution in [1.29, 1.82) is 0 Å². The molecule has 0 aliphatic heterocycles. The molecule has 0 rings (SSSR count). The molecule has 0 radical (unpaired) electrons. The minimum atomic E-state index is -0.175. The molecule has 0 bridgehead atoms. The first-order chi connectivity index (χ1) is 6.11. The highest BCUT2D eigenvalue weighted by atomic mass is 16.3. The van der Waals surface area contributed by atoms with E-state index in [9.17, 15) is 5.11 Å². The average Bonchev–Trinajstić information content (AvgIpc) is 2.02. The number of nitrogens with zero attached hydrogens (tertiary/aromatic N) is 1. The first-order valence-corrected chi connectivity index (χ1v) is 5.53. The van der Waals surface area contributed by atoms with Crippen LogP contribution in [0.25, 0.3) is 0 Å². The van der Waals surface area contributed by atoms with Crippen molar-refractivity contribution in [1.82, 2.24) is 4.90 Å². The van der Waals surface area contributed by atoms with E-state index in [0.717, 1.165) is 19.5 Å². The second kappa shape index (κ2) is 7.34. The zero-order valence-corrected chi connectivity index (χ0v) is 9.58. The van der Waals surface area contributed by atoms with Crippen LogP contribution in [0, 0.1) is 0 Å². The maximum Gasteiger partial charge on any atom is 0.0526 e. The zero-order valence-electron chi connectivity index (χ0n) is 9.58. The molecule has 0 heterocycles. The molecule has 0 aliphatic rings. The number of rotatable bonds is 7. The molecule has 1 N–H and O–H groups in total. The Bertz CT molecular complexity index is 109. The van der Waals surface area contributed by atoms with Gasteiger partial charge in [0.25, 0.3) is 0 Å². The van der Waals surface area contributed by atoms with Crippen molar-refractivity contribution in [2.24, 2.45) is 0 Å². The van der Waals surface area contributed by atoms with E-state index in [2.05, 4.69) is 25.7 Å². The molecule has 2 nitrogen and oxygen atoms in total. The van der Waals surface area contributed by atoms with Crippen molar-refractivity contribution in [2.45, 2.75) is 59.1 Å². The summed E-state index contributed by atoms with van der Waals surface area (Å²) in [4.78, 5) is 2.46. The van der Waals surface area contributed by atoms with Crippen molar-refractivity contribution >= 4 is 0 Å². The highest BCUT2D eigenvalue weighted by Crippen LogP contribution is 2.08. The van der Waals surface area contributed by atoms with Gasteiger partial charge in [-0.3, -0.25) is 0 Å². The molecule has 0 saturated heterocycles. The third kappa shape index (κ3) is 6.05. The van der Waals surface area contributed by atoms with Gasteiger partial charge in [-0.25, -0.2) is 0 Å². The van der Waals surface area contributed by atoms with E-state index < -0.39 is 0 Å². The van der Waals surface area contributed by atoms with Crippen LogP contribution in [-0.2, 0) is 0 Å². The predicted octanol–water partition coefficient (Wildman–Crippen LogP) is 2.27. The van der Waals surface area contributed by atoms with E-state index in [-0.39, 0.29) is 6.10 Å². The number of aliphatic hydroxyl groups excluding tert-OH is 1. The van der Waals surface area contributed by atoms with Crippen LogP contribution in [0.3, 0.4) is 0 Å². The molecule has 0 aromatic rings. The number of hydrogen-bond donors (Lipinski definition) is 1. The third-order valence-electron chi connectivity index (χ3n) is 2.33. The van der Waals surface area contributed by atoms with Crippen molar-refractivity contribution in [3.05, 3.63) is 0 Å². The van der Waals surface area contributed by atoms with Gasteiger partial charge < -0.3 is 10.0 Å². The molecule has 0 aromatic heterocycles. The molecule has 80 valence electrons. The Balaban J connectivity index is 3.86. The van der Waals surface area contributed by atoms with Crippen molar-refractivity contribution in [3.8, 4) is 0 Å². The van der Waals surface area contributed by atoms with Gasteiger partial charge in [0.1, 0.15) is 0 Å². The number of hydrogen-bond acceptors (Lipinski definition) is 2. The zero-order chi connectivity index (χ0) is 10.3. The normalized spacial score (nSPS) is 16.2. The van der Waals surface area contributed by atoms with Crippen LogP contribution in [0.4, 0.5) is 0 Å². The SMILES string of the molecule is CCCN(CCC)C(C)CC(C)O. The van der Waals surface area contributed by atoms with Gasteiger partial charge >= 0.3 is 0 Å². The van der Waals surface area contributed by atoms with E-state index in [0.29, 0.717) is 6.04 Å². The predicted molar refractivity (Wildman–Crippen MR) is 57.9 cm³/mol. The van der Waals surface area contributed by atoms with Crippen molar-refractivity contribution in [2.75, 3.05) is 13.1 Å². The van der Waals surface area contributed by atoms with Gasteiger partial charge in [-0.05, 0) is 46.2 Å². The summed E-state index contributed by atoms with van der Waals surface area (Å²) in [6, 6.07) is 0.514. The second-order valence-corrected chi connectivity index (χ2v) is 3.97. The molecule has 2 atom stereocenters. The quantitative estimate of drug-likeness (QED) is 0.661. The van der Waals surface area contributed by atoms with Crippen LogP contribution in [0.2, 0.25) is 0 Å². The Morgan fingerprint density at radius 2 is 1.54 bits per heavy atom. The van der Waals surface area contributed by atoms with E-state index in [1.807, 2.05) is 6.92 Å². The Labute approximate surface area is 82.9 Å². The fourth-order valence-corrected chi connectivity index (χ4v) is 1.77. The van der Waals surface area contributed by atoms with Crippen LogP contribution in [-0.4, -0.2) is 35.2 Å². The first-order valence-electron chi connectivity index (χ1n) is 5.53. The summed E-state index contributed by atoms with van der Waals surface area (Å²) in [5.41, 5.74) is 0. The smallest absolute Gasteiger partial charge is 0.0526 e. The minimum Gasteiger partial charge on any atom is -0.393 e. The maximum absolute atomic E-state index is 9.28. The van der Waals surface area contributed by atoms with Crippen molar-refractivity contribution < 1.29 is 5.11 Å². The molecule has 0 spiro atoms. The molecule has 2 unspecified atom stereocenters. The number of aliphatic hydroxyl groups is 1. The largest absolute Gasteiger partial charge is 0.393 e. The summed E-state index contributed by atoms with van der Waals surface area (Å²) in [6.07, 6.45) is 3.11. The van der Waals surface area contributed by atoms with E-state index >= 15 is 0 Å². The topological polar surface area (TPSA) is 23.5 Å². The summed E-state index contributed by atoms with van der Waals surface area (Å²) in [5.74, 6) is 0. The maximum atomic E-state index is 9.28. The molecular weight excluding hydrogens is 162 g/mol. The van der Waals surface area contributed by atoms with Gasteiger partial charge in [-0.15, -0.1) is 0 Å². The van der Waals surface area contributed by atoms with E-state index in [4.69, 9.17) is 0 Å². The van der Waals surface area contributed by atoms with Gasteiger partial charge in [0, 0.05) is 6.04 Å². The summed E-state index contributed by atoms with van der Waals surface area (Å²) in [7, 11) is 0. The van der Waals surface area contributed by atoms with Crippen LogP contribution < -0.4 is 0 Å². The average molecular weight is 187 g/mol.